The van der Waals surface area contributed by atoms with E-state index in [-0.39, 0.29) is 11.3 Å². The quantitative estimate of drug-likeness (QED) is 0.451. The van der Waals surface area contributed by atoms with Crippen molar-refractivity contribution in [1.82, 2.24) is 0 Å². The molecule has 0 aromatic heterocycles. The first-order valence-corrected chi connectivity index (χ1v) is 6.49. The van der Waals surface area contributed by atoms with Crippen LogP contribution in [-0.2, 0) is 0 Å². The zero-order valence-electron chi connectivity index (χ0n) is 12.2. The van der Waals surface area contributed by atoms with Crippen LogP contribution in [0, 0.1) is 17.7 Å². The van der Waals surface area contributed by atoms with Crippen LogP contribution in [0.3, 0.4) is 0 Å². The van der Waals surface area contributed by atoms with Crippen molar-refractivity contribution >= 4 is 5.84 Å². The van der Waals surface area contributed by atoms with Gasteiger partial charge in [-0.15, -0.1) is 0 Å². The second-order valence-electron chi connectivity index (χ2n) is 5.40. The van der Waals surface area contributed by atoms with E-state index in [1.807, 2.05) is 39.0 Å². The predicted octanol–water partition coefficient (Wildman–Crippen LogP) is 3.12. The first kappa shape index (κ1) is 15.3. The molecule has 0 radical (unpaired) electrons. The van der Waals surface area contributed by atoms with Crippen molar-refractivity contribution in [3.05, 3.63) is 23.8 Å². The number of aryl methyl sites for hydroxylation is 1. The van der Waals surface area contributed by atoms with Gasteiger partial charge in [-0.3, -0.25) is 5.41 Å². The van der Waals surface area contributed by atoms with Gasteiger partial charge in [-0.2, -0.15) is 0 Å². The lowest BCUT2D eigenvalue weighted by Gasteiger charge is -2.22. The standard InChI is InChI=1S/C15H24N2O2/c1-11-6-7-12(13(10-11)18-4)19-9-5-8-15(2,3)14(16)17/h6-7,10H,5,8-9H2,1-4H3,(H3,16,17). The van der Waals surface area contributed by atoms with Gasteiger partial charge in [-0.1, -0.05) is 19.9 Å². The molecule has 19 heavy (non-hydrogen) atoms. The summed E-state index contributed by atoms with van der Waals surface area (Å²) in [5.41, 5.74) is 6.43. The fraction of sp³-hybridized carbons (Fsp3) is 0.533. The van der Waals surface area contributed by atoms with Crippen molar-refractivity contribution in [3.8, 4) is 11.5 Å². The van der Waals surface area contributed by atoms with E-state index in [0.717, 1.165) is 29.9 Å². The van der Waals surface area contributed by atoms with Crippen LogP contribution in [0.25, 0.3) is 0 Å². The number of rotatable bonds is 7. The van der Waals surface area contributed by atoms with Crippen molar-refractivity contribution < 1.29 is 9.47 Å². The highest BCUT2D eigenvalue weighted by Crippen LogP contribution is 2.28. The Morgan fingerprint density at radius 1 is 1.32 bits per heavy atom. The highest BCUT2D eigenvalue weighted by molar-refractivity contribution is 5.82. The van der Waals surface area contributed by atoms with Crippen LogP contribution in [0.2, 0.25) is 0 Å². The average Bonchev–Trinajstić information content (AvgIpc) is 2.35. The van der Waals surface area contributed by atoms with Crippen LogP contribution in [0.5, 0.6) is 11.5 Å². The van der Waals surface area contributed by atoms with Gasteiger partial charge in [-0.25, -0.2) is 0 Å². The van der Waals surface area contributed by atoms with Crippen LogP contribution < -0.4 is 15.2 Å². The van der Waals surface area contributed by atoms with Gasteiger partial charge in [0.1, 0.15) is 0 Å². The van der Waals surface area contributed by atoms with Crippen molar-refractivity contribution in [2.24, 2.45) is 11.1 Å². The summed E-state index contributed by atoms with van der Waals surface area (Å²) in [6.45, 7) is 6.56. The number of methoxy groups -OCH3 is 1. The first-order valence-electron chi connectivity index (χ1n) is 6.49. The van der Waals surface area contributed by atoms with Gasteiger partial charge in [0.05, 0.1) is 19.6 Å². The molecule has 0 unspecified atom stereocenters. The largest absolute Gasteiger partial charge is 0.493 e. The number of hydrogen-bond donors (Lipinski definition) is 2. The third-order valence-electron chi connectivity index (χ3n) is 3.25. The number of nitrogens with one attached hydrogen (secondary N) is 1. The molecule has 1 aromatic rings. The summed E-state index contributed by atoms with van der Waals surface area (Å²) in [6.07, 6.45) is 1.68. The Hall–Kier alpha value is -1.71. The first-order chi connectivity index (χ1) is 8.86. The molecule has 106 valence electrons. The van der Waals surface area contributed by atoms with Gasteiger partial charge < -0.3 is 15.2 Å². The molecule has 3 N–H and O–H groups in total. The highest BCUT2D eigenvalue weighted by Gasteiger charge is 2.20. The fourth-order valence-electron chi connectivity index (χ4n) is 1.72. The third kappa shape index (κ3) is 4.47. The predicted molar refractivity (Wildman–Crippen MR) is 78.2 cm³/mol. The molecule has 0 atom stereocenters. The van der Waals surface area contributed by atoms with E-state index in [4.69, 9.17) is 20.6 Å². The van der Waals surface area contributed by atoms with Crippen molar-refractivity contribution in [2.45, 2.75) is 33.6 Å². The molecule has 0 saturated heterocycles. The molecule has 0 saturated carbocycles. The Kier molecular flexibility index (Phi) is 5.21. The average molecular weight is 264 g/mol. The molecular formula is C15H24N2O2. The van der Waals surface area contributed by atoms with E-state index in [1.54, 1.807) is 7.11 Å². The minimum absolute atomic E-state index is 0.223. The van der Waals surface area contributed by atoms with E-state index in [9.17, 15) is 0 Å². The summed E-state index contributed by atoms with van der Waals surface area (Å²) in [4.78, 5) is 0. The Morgan fingerprint density at radius 2 is 2.00 bits per heavy atom. The highest BCUT2D eigenvalue weighted by atomic mass is 16.5. The molecule has 0 aliphatic rings. The maximum absolute atomic E-state index is 7.50. The van der Waals surface area contributed by atoms with E-state index < -0.39 is 0 Å². The summed E-state index contributed by atoms with van der Waals surface area (Å²) < 4.78 is 11.0. The molecule has 0 aliphatic carbocycles. The maximum Gasteiger partial charge on any atom is 0.161 e. The lowest BCUT2D eigenvalue weighted by atomic mass is 9.87. The summed E-state index contributed by atoms with van der Waals surface area (Å²) in [6, 6.07) is 5.87. The van der Waals surface area contributed by atoms with E-state index in [0.29, 0.717) is 6.61 Å². The van der Waals surface area contributed by atoms with Crippen LogP contribution in [-0.4, -0.2) is 19.6 Å². The van der Waals surface area contributed by atoms with Crippen molar-refractivity contribution in [1.29, 1.82) is 5.41 Å². The second-order valence-corrected chi connectivity index (χ2v) is 5.40. The molecular weight excluding hydrogens is 240 g/mol. The van der Waals surface area contributed by atoms with E-state index in [1.165, 1.54) is 0 Å². The van der Waals surface area contributed by atoms with Crippen LogP contribution >= 0.6 is 0 Å². The topological polar surface area (TPSA) is 68.3 Å². The fourth-order valence-corrected chi connectivity index (χ4v) is 1.72. The molecule has 1 rings (SSSR count). The van der Waals surface area contributed by atoms with E-state index in [2.05, 4.69) is 0 Å². The zero-order valence-corrected chi connectivity index (χ0v) is 12.2. The summed E-state index contributed by atoms with van der Waals surface area (Å²) in [5.74, 6) is 1.74. The SMILES string of the molecule is COc1cc(C)ccc1OCCCC(C)(C)C(=N)N. The minimum atomic E-state index is -0.263. The van der Waals surface area contributed by atoms with Gasteiger partial charge in [0, 0.05) is 5.41 Å². The normalized spacial score (nSPS) is 11.2. The van der Waals surface area contributed by atoms with Crippen molar-refractivity contribution in [3.63, 3.8) is 0 Å². The maximum atomic E-state index is 7.50. The molecule has 0 aliphatic heterocycles. The van der Waals surface area contributed by atoms with Gasteiger partial charge in [0.15, 0.2) is 11.5 Å². The number of hydrogen-bond acceptors (Lipinski definition) is 3. The summed E-state index contributed by atoms with van der Waals surface area (Å²) >= 11 is 0. The molecule has 0 spiro atoms. The van der Waals surface area contributed by atoms with Crippen LogP contribution in [0.15, 0.2) is 18.2 Å². The Labute approximate surface area is 115 Å². The Morgan fingerprint density at radius 3 is 2.58 bits per heavy atom. The molecule has 4 heteroatoms. The van der Waals surface area contributed by atoms with Gasteiger partial charge in [0.25, 0.3) is 0 Å². The van der Waals surface area contributed by atoms with Crippen molar-refractivity contribution in [2.75, 3.05) is 13.7 Å². The number of ether oxygens (including phenoxy) is 2. The molecule has 0 fully saturated rings. The lowest BCUT2D eigenvalue weighted by molar-refractivity contribution is 0.271. The van der Waals surface area contributed by atoms with Crippen LogP contribution in [0.1, 0.15) is 32.3 Å². The smallest absolute Gasteiger partial charge is 0.161 e. The Balaban J connectivity index is 2.48. The lowest BCUT2D eigenvalue weighted by Crippen LogP contribution is -2.31. The number of benzene rings is 1. The van der Waals surface area contributed by atoms with Gasteiger partial charge in [0.2, 0.25) is 0 Å². The molecule has 1 aromatic carbocycles. The summed E-state index contributed by atoms with van der Waals surface area (Å²) in [7, 11) is 1.64. The second kappa shape index (κ2) is 6.45. The zero-order chi connectivity index (χ0) is 14.5. The van der Waals surface area contributed by atoms with E-state index >= 15 is 0 Å². The monoisotopic (exact) mass is 264 g/mol. The van der Waals surface area contributed by atoms with Gasteiger partial charge >= 0.3 is 0 Å². The molecule has 0 bridgehead atoms. The molecule has 0 heterocycles. The number of amidine groups is 1. The Bertz CT molecular complexity index is 442. The number of nitrogens with two attached hydrogens (primary N) is 1. The molecule has 0 amide bonds. The third-order valence-corrected chi connectivity index (χ3v) is 3.25. The van der Waals surface area contributed by atoms with Crippen LogP contribution in [0.4, 0.5) is 0 Å². The summed E-state index contributed by atoms with van der Waals surface area (Å²) in [5, 5.41) is 7.50. The van der Waals surface area contributed by atoms with Gasteiger partial charge in [-0.05, 0) is 37.5 Å². The minimum Gasteiger partial charge on any atom is -0.493 e. The molecule has 4 nitrogen and oxygen atoms in total.